The molecule has 0 aliphatic rings. The third-order valence-corrected chi connectivity index (χ3v) is 2.06. The van der Waals surface area contributed by atoms with Crippen LogP contribution in [0.15, 0.2) is 11.1 Å². The lowest BCUT2D eigenvalue weighted by Crippen LogP contribution is -2.08. The summed E-state index contributed by atoms with van der Waals surface area (Å²) in [6.45, 7) is 2.72. The summed E-state index contributed by atoms with van der Waals surface area (Å²) in [6.07, 6.45) is 2.02. The standard InChI is InChI=1S/C8H13N3S/c1-6-10-7(5-9-2)4-8(11-6)12-3/h4,9H,5H2,1-3H3. The third-order valence-electron chi connectivity index (χ3n) is 1.43. The second kappa shape index (κ2) is 4.42. The highest BCUT2D eigenvalue weighted by Crippen LogP contribution is 2.12. The van der Waals surface area contributed by atoms with Gasteiger partial charge in [-0.3, -0.25) is 0 Å². The molecule has 3 nitrogen and oxygen atoms in total. The first-order valence-corrected chi connectivity index (χ1v) is 5.02. The number of aryl methyl sites for hydroxylation is 1. The Labute approximate surface area is 77.0 Å². The third kappa shape index (κ3) is 2.46. The van der Waals surface area contributed by atoms with Crippen molar-refractivity contribution in [1.29, 1.82) is 0 Å². The molecular weight excluding hydrogens is 170 g/mol. The van der Waals surface area contributed by atoms with E-state index in [9.17, 15) is 0 Å². The Balaban J connectivity index is 2.90. The smallest absolute Gasteiger partial charge is 0.126 e. The van der Waals surface area contributed by atoms with Gasteiger partial charge in [0.15, 0.2) is 0 Å². The highest BCUT2D eigenvalue weighted by Gasteiger charge is 1.98. The number of hydrogen-bond acceptors (Lipinski definition) is 4. The number of nitrogens with one attached hydrogen (secondary N) is 1. The second-order valence-corrected chi connectivity index (χ2v) is 3.31. The molecule has 0 amide bonds. The van der Waals surface area contributed by atoms with Gasteiger partial charge in [-0.15, -0.1) is 11.8 Å². The van der Waals surface area contributed by atoms with Gasteiger partial charge in [-0.25, -0.2) is 9.97 Å². The van der Waals surface area contributed by atoms with E-state index in [4.69, 9.17) is 0 Å². The Kier molecular flexibility index (Phi) is 3.49. The molecule has 0 unspecified atom stereocenters. The topological polar surface area (TPSA) is 37.8 Å². The Bertz CT molecular complexity index is 262. The summed E-state index contributed by atoms with van der Waals surface area (Å²) in [6, 6.07) is 2.01. The van der Waals surface area contributed by atoms with Crippen molar-refractivity contribution in [3.8, 4) is 0 Å². The van der Waals surface area contributed by atoms with Crippen LogP contribution in [-0.4, -0.2) is 23.3 Å². The highest BCUT2D eigenvalue weighted by molar-refractivity contribution is 7.98. The van der Waals surface area contributed by atoms with Gasteiger partial charge < -0.3 is 5.32 Å². The van der Waals surface area contributed by atoms with Crippen LogP contribution >= 0.6 is 11.8 Å². The van der Waals surface area contributed by atoms with E-state index < -0.39 is 0 Å². The number of hydrogen-bond donors (Lipinski definition) is 1. The molecule has 1 aromatic rings. The predicted molar refractivity (Wildman–Crippen MR) is 51.3 cm³/mol. The molecule has 0 aliphatic heterocycles. The molecule has 0 spiro atoms. The first-order chi connectivity index (χ1) is 5.76. The first-order valence-electron chi connectivity index (χ1n) is 3.79. The molecular formula is C8H13N3S. The molecule has 0 fully saturated rings. The average Bonchev–Trinajstić information content (AvgIpc) is 2.04. The minimum Gasteiger partial charge on any atom is -0.314 e. The highest BCUT2D eigenvalue weighted by atomic mass is 32.2. The van der Waals surface area contributed by atoms with Crippen molar-refractivity contribution < 1.29 is 0 Å². The summed E-state index contributed by atoms with van der Waals surface area (Å²) in [5.41, 5.74) is 1.05. The van der Waals surface area contributed by atoms with E-state index >= 15 is 0 Å². The van der Waals surface area contributed by atoms with Gasteiger partial charge in [0.05, 0.1) is 10.7 Å². The zero-order valence-electron chi connectivity index (χ0n) is 7.59. The van der Waals surface area contributed by atoms with Crippen LogP contribution in [0.2, 0.25) is 0 Å². The lowest BCUT2D eigenvalue weighted by atomic mass is 10.4. The van der Waals surface area contributed by atoms with Crippen LogP contribution < -0.4 is 5.32 Å². The molecule has 0 aromatic carbocycles. The quantitative estimate of drug-likeness (QED) is 0.565. The number of aromatic nitrogens is 2. The summed E-state index contributed by atoms with van der Waals surface area (Å²) in [5, 5.41) is 4.10. The predicted octanol–water partition coefficient (Wildman–Crippen LogP) is 1.23. The van der Waals surface area contributed by atoms with Gasteiger partial charge >= 0.3 is 0 Å². The normalized spacial score (nSPS) is 10.2. The number of nitrogens with zero attached hydrogens (tertiary/aromatic N) is 2. The van der Waals surface area contributed by atoms with Crippen molar-refractivity contribution in [2.24, 2.45) is 0 Å². The fourth-order valence-electron chi connectivity index (χ4n) is 0.976. The van der Waals surface area contributed by atoms with Crippen molar-refractivity contribution in [2.75, 3.05) is 13.3 Å². The second-order valence-electron chi connectivity index (χ2n) is 2.48. The van der Waals surface area contributed by atoms with Gasteiger partial charge in [-0.1, -0.05) is 0 Å². The van der Waals surface area contributed by atoms with Crippen LogP contribution in [-0.2, 0) is 6.54 Å². The summed E-state index contributed by atoms with van der Waals surface area (Å²) in [7, 11) is 1.91. The molecule has 0 saturated heterocycles. The van der Waals surface area contributed by atoms with Crippen molar-refractivity contribution in [3.63, 3.8) is 0 Å². The largest absolute Gasteiger partial charge is 0.314 e. The summed E-state index contributed by atoms with van der Waals surface area (Å²) in [4.78, 5) is 8.54. The summed E-state index contributed by atoms with van der Waals surface area (Å²) in [5.74, 6) is 0.840. The fourth-order valence-corrected chi connectivity index (χ4v) is 1.45. The number of rotatable bonds is 3. The van der Waals surface area contributed by atoms with Crippen LogP contribution in [0.5, 0.6) is 0 Å². The molecule has 0 radical (unpaired) electrons. The maximum absolute atomic E-state index is 4.28. The van der Waals surface area contributed by atoms with E-state index in [0.29, 0.717) is 0 Å². The average molecular weight is 183 g/mol. The van der Waals surface area contributed by atoms with Gasteiger partial charge in [-0.05, 0) is 26.3 Å². The molecule has 1 rings (SSSR count). The van der Waals surface area contributed by atoms with Crippen LogP contribution in [0.1, 0.15) is 11.5 Å². The van der Waals surface area contributed by atoms with Crippen LogP contribution in [0.3, 0.4) is 0 Å². The van der Waals surface area contributed by atoms with E-state index in [1.165, 1.54) is 0 Å². The number of thioether (sulfide) groups is 1. The summed E-state index contributed by atoms with van der Waals surface area (Å²) >= 11 is 1.64. The van der Waals surface area contributed by atoms with Gasteiger partial charge in [0.25, 0.3) is 0 Å². The van der Waals surface area contributed by atoms with E-state index in [1.54, 1.807) is 11.8 Å². The van der Waals surface area contributed by atoms with Crippen molar-refractivity contribution in [3.05, 3.63) is 17.6 Å². The van der Waals surface area contributed by atoms with Gasteiger partial charge in [0, 0.05) is 6.54 Å². The molecule has 0 atom stereocenters. The van der Waals surface area contributed by atoms with Crippen molar-refractivity contribution in [2.45, 2.75) is 18.5 Å². The van der Waals surface area contributed by atoms with E-state index in [0.717, 1.165) is 23.1 Å². The molecule has 66 valence electrons. The molecule has 1 N–H and O–H groups in total. The molecule has 0 bridgehead atoms. The molecule has 12 heavy (non-hydrogen) atoms. The Morgan fingerprint density at radius 3 is 2.83 bits per heavy atom. The van der Waals surface area contributed by atoms with Crippen molar-refractivity contribution >= 4 is 11.8 Å². The Morgan fingerprint density at radius 1 is 1.50 bits per heavy atom. The van der Waals surface area contributed by atoms with Crippen LogP contribution in [0.4, 0.5) is 0 Å². The van der Waals surface area contributed by atoms with E-state index in [1.807, 2.05) is 26.3 Å². The monoisotopic (exact) mass is 183 g/mol. The molecule has 0 aliphatic carbocycles. The van der Waals surface area contributed by atoms with Gasteiger partial charge in [-0.2, -0.15) is 0 Å². The minimum absolute atomic E-state index is 0.802. The van der Waals surface area contributed by atoms with E-state index in [-0.39, 0.29) is 0 Å². The minimum atomic E-state index is 0.802. The van der Waals surface area contributed by atoms with Crippen LogP contribution in [0.25, 0.3) is 0 Å². The summed E-state index contributed by atoms with van der Waals surface area (Å²) < 4.78 is 0. The van der Waals surface area contributed by atoms with Crippen LogP contribution in [0, 0.1) is 6.92 Å². The Morgan fingerprint density at radius 2 is 2.25 bits per heavy atom. The maximum Gasteiger partial charge on any atom is 0.126 e. The van der Waals surface area contributed by atoms with Crippen molar-refractivity contribution in [1.82, 2.24) is 15.3 Å². The Hall–Kier alpha value is -0.610. The molecule has 0 saturated carbocycles. The maximum atomic E-state index is 4.28. The molecule has 4 heteroatoms. The SMILES string of the molecule is CNCc1cc(SC)nc(C)n1. The first kappa shape index (κ1) is 9.48. The van der Waals surface area contributed by atoms with Gasteiger partial charge in [0.1, 0.15) is 5.82 Å². The lowest BCUT2D eigenvalue weighted by Gasteiger charge is -2.02. The fraction of sp³-hybridized carbons (Fsp3) is 0.500. The van der Waals surface area contributed by atoms with Gasteiger partial charge in [0.2, 0.25) is 0 Å². The lowest BCUT2D eigenvalue weighted by molar-refractivity contribution is 0.767. The molecule has 1 aromatic heterocycles. The zero-order chi connectivity index (χ0) is 8.97. The van der Waals surface area contributed by atoms with E-state index in [2.05, 4.69) is 15.3 Å². The molecule has 1 heterocycles. The zero-order valence-corrected chi connectivity index (χ0v) is 8.40.